The van der Waals surface area contributed by atoms with Gasteiger partial charge in [-0.15, -0.1) is 0 Å². The van der Waals surface area contributed by atoms with Crippen LogP contribution >= 0.6 is 0 Å². The summed E-state index contributed by atoms with van der Waals surface area (Å²) in [4.78, 5) is 25.1. The second-order valence-electron chi connectivity index (χ2n) is 6.60. The zero-order chi connectivity index (χ0) is 17.9. The van der Waals surface area contributed by atoms with Crippen LogP contribution in [-0.4, -0.2) is 17.0 Å². The van der Waals surface area contributed by atoms with E-state index in [1.807, 2.05) is 24.3 Å². The Kier molecular flexibility index (Phi) is 5.07. The van der Waals surface area contributed by atoms with Crippen molar-refractivity contribution in [2.45, 2.75) is 40.5 Å². The Morgan fingerprint density at radius 1 is 1.12 bits per heavy atom. The molecule has 0 radical (unpaired) electrons. The highest BCUT2D eigenvalue weighted by atomic mass is 16.5. The molecule has 1 aromatic heterocycles. The molecule has 0 bridgehead atoms. The highest BCUT2D eigenvalue weighted by Crippen LogP contribution is 2.27. The Morgan fingerprint density at radius 2 is 1.75 bits per heavy atom. The zero-order valence-electron chi connectivity index (χ0n) is 14.6. The maximum absolute atomic E-state index is 12.6. The van der Waals surface area contributed by atoms with Crippen molar-refractivity contribution in [3.05, 3.63) is 41.7 Å². The fraction of sp³-hybridized carbons (Fsp3) is 0.389. The molecule has 2 aromatic rings. The van der Waals surface area contributed by atoms with Crippen LogP contribution < -0.4 is 10.6 Å². The summed E-state index contributed by atoms with van der Waals surface area (Å²) >= 11 is 0. The molecule has 0 spiro atoms. The van der Waals surface area contributed by atoms with Crippen molar-refractivity contribution in [2.24, 2.45) is 5.41 Å². The molecular formula is C18H23N3O3. The molecule has 0 aliphatic carbocycles. The lowest BCUT2D eigenvalue weighted by Crippen LogP contribution is -2.41. The molecule has 0 aliphatic heterocycles. The van der Waals surface area contributed by atoms with Gasteiger partial charge in [0.1, 0.15) is 11.2 Å². The van der Waals surface area contributed by atoms with Crippen molar-refractivity contribution < 1.29 is 14.1 Å². The summed E-state index contributed by atoms with van der Waals surface area (Å²) in [6.07, 6.45) is 0. The first-order valence-electron chi connectivity index (χ1n) is 7.87. The lowest BCUT2D eigenvalue weighted by Gasteiger charge is -2.23. The Hall–Kier alpha value is -2.63. The van der Waals surface area contributed by atoms with Gasteiger partial charge in [-0.25, -0.2) is 0 Å². The Balaban J connectivity index is 2.14. The highest BCUT2D eigenvalue weighted by Gasteiger charge is 2.37. The Bertz CT molecular complexity index is 747. The topological polar surface area (TPSA) is 84.2 Å². The average Bonchev–Trinajstić information content (AvgIpc) is 2.92. The van der Waals surface area contributed by atoms with Crippen molar-refractivity contribution in [3.8, 4) is 0 Å². The molecule has 6 heteroatoms. The van der Waals surface area contributed by atoms with E-state index in [2.05, 4.69) is 29.6 Å². The van der Waals surface area contributed by atoms with Crippen LogP contribution in [0.25, 0.3) is 0 Å². The van der Waals surface area contributed by atoms with E-state index in [-0.39, 0.29) is 11.8 Å². The minimum atomic E-state index is -1.27. The summed E-state index contributed by atoms with van der Waals surface area (Å²) in [6.45, 7) is 8.97. The van der Waals surface area contributed by atoms with E-state index < -0.39 is 11.3 Å². The van der Waals surface area contributed by atoms with Crippen LogP contribution in [0.2, 0.25) is 0 Å². The first-order chi connectivity index (χ1) is 11.2. The third-order valence-corrected chi connectivity index (χ3v) is 3.84. The van der Waals surface area contributed by atoms with Gasteiger partial charge in [0.05, 0.1) is 0 Å². The van der Waals surface area contributed by atoms with Crippen LogP contribution in [0, 0.1) is 12.3 Å². The number of carbonyl (C=O) groups excluding carboxylic acids is 2. The van der Waals surface area contributed by atoms with Crippen LogP contribution in [0.1, 0.15) is 44.9 Å². The number of nitrogens with zero attached hydrogens (tertiary/aromatic N) is 1. The number of aromatic nitrogens is 1. The van der Waals surface area contributed by atoms with Crippen molar-refractivity contribution in [2.75, 3.05) is 10.6 Å². The summed E-state index contributed by atoms with van der Waals surface area (Å²) in [6, 6.07) is 9.18. The zero-order valence-corrected chi connectivity index (χ0v) is 14.6. The van der Waals surface area contributed by atoms with Gasteiger partial charge in [0.25, 0.3) is 0 Å². The van der Waals surface area contributed by atoms with Crippen molar-refractivity contribution >= 4 is 23.3 Å². The number of benzene rings is 1. The Labute approximate surface area is 141 Å². The van der Waals surface area contributed by atoms with Gasteiger partial charge in [-0.05, 0) is 38.3 Å². The second kappa shape index (κ2) is 6.86. The normalized spacial score (nSPS) is 11.4. The van der Waals surface area contributed by atoms with E-state index in [0.717, 1.165) is 11.3 Å². The highest BCUT2D eigenvalue weighted by molar-refractivity contribution is 6.13. The fourth-order valence-electron chi connectivity index (χ4n) is 2.19. The molecule has 0 fully saturated rings. The Morgan fingerprint density at radius 3 is 2.33 bits per heavy atom. The molecular weight excluding hydrogens is 306 g/mol. The molecule has 6 nitrogen and oxygen atoms in total. The molecule has 1 aromatic carbocycles. The van der Waals surface area contributed by atoms with Crippen LogP contribution in [0.4, 0.5) is 11.5 Å². The monoisotopic (exact) mass is 329 g/mol. The van der Waals surface area contributed by atoms with Crippen LogP contribution in [0.15, 0.2) is 34.9 Å². The first kappa shape index (κ1) is 17.7. The molecule has 0 atom stereocenters. The predicted molar refractivity (Wildman–Crippen MR) is 92.8 cm³/mol. The number of para-hydroxylation sites is 1. The third kappa shape index (κ3) is 3.82. The standard InChI is InChI=1S/C18H23N3O3/c1-11(2)13-8-6-7-9-14(13)19-16(22)18(4,5)17(23)20-15-10-12(3)24-21-15/h6-11H,1-5H3,(H,19,22)(H,20,21,23). The minimum Gasteiger partial charge on any atom is -0.360 e. The number of amides is 2. The average molecular weight is 329 g/mol. The molecule has 128 valence electrons. The molecule has 2 amide bonds. The van der Waals surface area contributed by atoms with Gasteiger partial charge in [-0.1, -0.05) is 37.2 Å². The van der Waals surface area contributed by atoms with Crippen LogP contribution in [0.3, 0.4) is 0 Å². The fourth-order valence-corrected chi connectivity index (χ4v) is 2.19. The molecule has 24 heavy (non-hydrogen) atoms. The number of carbonyl (C=O) groups is 2. The second-order valence-corrected chi connectivity index (χ2v) is 6.60. The van der Waals surface area contributed by atoms with E-state index in [9.17, 15) is 9.59 Å². The largest absolute Gasteiger partial charge is 0.360 e. The maximum atomic E-state index is 12.6. The third-order valence-electron chi connectivity index (χ3n) is 3.84. The molecule has 0 saturated carbocycles. The number of hydrogen-bond donors (Lipinski definition) is 2. The quantitative estimate of drug-likeness (QED) is 0.819. The van der Waals surface area contributed by atoms with Crippen molar-refractivity contribution in [1.82, 2.24) is 5.16 Å². The van der Waals surface area contributed by atoms with Gasteiger partial charge >= 0.3 is 0 Å². The van der Waals surface area contributed by atoms with Crippen molar-refractivity contribution in [3.63, 3.8) is 0 Å². The molecule has 0 aliphatic rings. The van der Waals surface area contributed by atoms with E-state index in [1.165, 1.54) is 0 Å². The summed E-state index contributed by atoms with van der Waals surface area (Å²) in [5.41, 5.74) is 0.474. The van der Waals surface area contributed by atoms with E-state index >= 15 is 0 Å². The predicted octanol–water partition coefficient (Wildman–Crippen LogP) is 3.71. The summed E-state index contributed by atoms with van der Waals surface area (Å²) in [7, 11) is 0. The van der Waals surface area contributed by atoms with Gasteiger partial charge in [0.2, 0.25) is 11.8 Å². The van der Waals surface area contributed by atoms with Crippen LogP contribution in [-0.2, 0) is 9.59 Å². The number of hydrogen-bond acceptors (Lipinski definition) is 4. The smallest absolute Gasteiger partial charge is 0.240 e. The molecule has 2 N–H and O–H groups in total. The summed E-state index contributed by atoms with van der Waals surface area (Å²) in [5, 5.41) is 9.17. The maximum Gasteiger partial charge on any atom is 0.240 e. The number of rotatable bonds is 5. The van der Waals surface area contributed by atoms with Gasteiger partial charge < -0.3 is 15.2 Å². The van der Waals surface area contributed by atoms with Crippen LogP contribution in [0.5, 0.6) is 0 Å². The molecule has 2 rings (SSSR count). The summed E-state index contributed by atoms with van der Waals surface area (Å²) < 4.78 is 4.91. The van der Waals surface area contributed by atoms with Gasteiger partial charge in [-0.3, -0.25) is 9.59 Å². The SMILES string of the molecule is Cc1cc(NC(=O)C(C)(C)C(=O)Nc2ccccc2C(C)C)no1. The van der Waals surface area contributed by atoms with E-state index in [4.69, 9.17) is 4.52 Å². The number of aryl methyl sites for hydroxylation is 1. The van der Waals surface area contributed by atoms with Gasteiger partial charge in [0.15, 0.2) is 5.82 Å². The molecule has 0 saturated heterocycles. The number of nitrogens with one attached hydrogen (secondary N) is 2. The van der Waals surface area contributed by atoms with E-state index in [0.29, 0.717) is 11.6 Å². The van der Waals surface area contributed by atoms with Crippen molar-refractivity contribution in [1.29, 1.82) is 0 Å². The minimum absolute atomic E-state index is 0.261. The lowest BCUT2D eigenvalue weighted by atomic mass is 9.90. The first-order valence-corrected chi connectivity index (χ1v) is 7.87. The molecule has 1 heterocycles. The number of anilines is 2. The lowest BCUT2D eigenvalue weighted by molar-refractivity contribution is -0.135. The van der Waals surface area contributed by atoms with Gasteiger partial charge in [0, 0.05) is 11.8 Å². The molecule has 0 unspecified atom stereocenters. The summed E-state index contributed by atoms with van der Waals surface area (Å²) in [5.74, 6) is 0.305. The van der Waals surface area contributed by atoms with E-state index in [1.54, 1.807) is 26.8 Å². The van der Waals surface area contributed by atoms with Gasteiger partial charge in [-0.2, -0.15) is 0 Å².